The summed E-state index contributed by atoms with van der Waals surface area (Å²) in [6, 6.07) is -0.527. The van der Waals surface area contributed by atoms with Gasteiger partial charge in [-0.15, -0.1) is 5.10 Å². The first kappa shape index (κ1) is 11.2. The highest BCUT2D eigenvalue weighted by Crippen LogP contribution is 2.13. The van der Waals surface area contributed by atoms with Crippen molar-refractivity contribution in [3.63, 3.8) is 0 Å². The van der Waals surface area contributed by atoms with E-state index in [1.54, 1.807) is 11.8 Å². The van der Waals surface area contributed by atoms with Gasteiger partial charge in [-0.25, -0.2) is 9.80 Å². The molecule has 0 fully saturated rings. The van der Waals surface area contributed by atoms with Crippen molar-refractivity contribution in [2.75, 3.05) is 25.2 Å². The van der Waals surface area contributed by atoms with Gasteiger partial charge in [0.15, 0.2) is 0 Å². The highest BCUT2D eigenvalue weighted by atomic mass is 32.2. The van der Waals surface area contributed by atoms with Crippen molar-refractivity contribution in [1.82, 2.24) is 5.01 Å². The molecule has 2 amide bonds. The van der Waals surface area contributed by atoms with Crippen LogP contribution in [-0.4, -0.2) is 42.1 Å². The van der Waals surface area contributed by atoms with Crippen LogP contribution in [0.4, 0.5) is 4.79 Å². The summed E-state index contributed by atoms with van der Waals surface area (Å²) >= 11 is 1.71. The second-order valence-electron chi connectivity index (χ2n) is 3.10. The number of hydrazone groups is 1. The lowest BCUT2D eigenvalue weighted by Crippen LogP contribution is -2.30. The number of rotatable bonds is 3. The van der Waals surface area contributed by atoms with E-state index >= 15 is 0 Å². The predicted molar refractivity (Wildman–Crippen MR) is 57.2 cm³/mol. The van der Waals surface area contributed by atoms with E-state index in [1.165, 1.54) is 5.01 Å². The molecule has 1 rings (SSSR count). The molecule has 0 radical (unpaired) electrons. The molecule has 0 bridgehead atoms. The van der Waals surface area contributed by atoms with Crippen LogP contribution >= 0.6 is 11.8 Å². The van der Waals surface area contributed by atoms with Gasteiger partial charge in [0.05, 0.1) is 19.1 Å². The van der Waals surface area contributed by atoms with Crippen molar-refractivity contribution >= 4 is 23.7 Å². The molecule has 1 aliphatic heterocycles. The highest BCUT2D eigenvalue weighted by Gasteiger charge is 2.26. The number of hydrogen-bond donors (Lipinski definition) is 1. The summed E-state index contributed by atoms with van der Waals surface area (Å²) in [6.45, 7) is 3.10. The molecule has 0 saturated heterocycles. The molecule has 0 aromatic carbocycles. The molecule has 0 aromatic heterocycles. The summed E-state index contributed by atoms with van der Waals surface area (Å²) in [5.41, 5.74) is 5.10. The Morgan fingerprint density at radius 3 is 3.07 bits per heavy atom. The Kier molecular flexibility index (Phi) is 4.06. The van der Waals surface area contributed by atoms with Crippen LogP contribution < -0.4 is 5.73 Å². The molecular formula is C8H15N3O2S. The van der Waals surface area contributed by atoms with Gasteiger partial charge < -0.3 is 10.5 Å². The Hall–Kier alpha value is -0.910. The Morgan fingerprint density at radius 2 is 2.57 bits per heavy atom. The minimum absolute atomic E-state index is 0.143. The molecule has 0 spiro atoms. The van der Waals surface area contributed by atoms with Gasteiger partial charge in [0.2, 0.25) is 5.90 Å². The van der Waals surface area contributed by atoms with Gasteiger partial charge in [-0.3, -0.25) is 0 Å². The van der Waals surface area contributed by atoms with Gasteiger partial charge in [-0.05, 0) is 6.26 Å². The van der Waals surface area contributed by atoms with E-state index in [-0.39, 0.29) is 5.92 Å². The lowest BCUT2D eigenvalue weighted by molar-refractivity contribution is 0.212. The van der Waals surface area contributed by atoms with Gasteiger partial charge >= 0.3 is 6.03 Å². The van der Waals surface area contributed by atoms with Crippen LogP contribution in [0.3, 0.4) is 0 Å². The van der Waals surface area contributed by atoms with E-state index < -0.39 is 6.03 Å². The Bertz CT molecular complexity index is 245. The minimum Gasteiger partial charge on any atom is -0.479 e. The number of carbonyl (C=O) groups excluding carboxylic acids is 1. The number of primary amides is 1. The quantitative estimate of drug-likeness (QED) is 0.708. The van der Waals surface area contributed by atoms with E-state index in [4.69, 9.17) is 10.5 Å². The second-order valence-corrected chi connectivity index (χ2v) is 4.09. The normalized spacial score (nSPS) is 20.9. The standard InChI is InChI=1S/C8H15N3O2S/c1-6-5-11(8(9)12)10-7(6)13-3-4-14-2/h6H,3-5H2,1-2H3,(H2,9,12). The van der Waals surface area contributed by atoms with Crippen LogP contribution in [0.5, 0.6) is 0 Å². The summed E-state index contributed by atoms with van der Waals surface area (Å²) in [5.74, 6) is 1.67. The van der Waals surface area contributed by atoms with Crippen molar-refractivity contribution in [1.29, 1.82) is 0 Å². The third-order valence-electron chi connectivity index (χ3n) is 1.88. The van der Waals surface area contributed by atoms with Crippen LogP contribution in [0.15, 0.2) is 5.10 Å². The van der Waals surface area contributed by atoms with Crippen molar-refractivity contribution < 1.29 is 9.53 Å². The SMILES string of the molecule is CSCCOC1=NN(C(N)=O)CC1C. The van der Waals surface area contributed by atoms with E-state index in [0.29, 0.717) is 19.0 Å². The van der Waals surface area contributed by atoms with Gasteiger partial charge in [0.1, 0.15) is 0 Å². The molecule has 6 heteroatoms. The maximum absolute atomic E-state index is 10.8. The first-order valence-electron chi connectivity index (χ1n) is 4.42. The van der Waals surface area contributed by atoms with Crippen molar-refractivity contribution in [2.45, 2.75) is 6.92 Å². The molecule has 1 aliphatic rings. The van der Waals surface area contributed by atoms with Crippen LogP contribution in [0, 0.1) is 5.92 Å². The molecule has 1 unspecified atom stereocenters. The molecule has 0 saturated carbocycles. The summed E-state index contributed by atoms with van der Waals surface area (Å²) in [7, 11) is 0. The predicted octanol–water partition coefficient (Wildman–Crippen LogP) is 0.710. The first-order chi connectivity index (χ1) is 6.65. The third-order valence-corrected chi connectivity index (χ3v) is 2.45. The monoisotopic (exact) mass is 217 g/mol. The fourth-order valence-electron chi connectivity index (χ4n) is 1.14. The number of carbonyl (C=O) groups is 1. The smallest absolute Gasteiger partial charge is 0.335 e. The summed E-state index contributed by atoms with van der Waals surface area (Å²) in [6.07, 6.45) is 2.01. The number of nitrogens with two attached hydrogens (primary N) is 1. The number of nitrogens with zero attached hydrogens (tertiary/aromatic N) is 2. The Labute approximate surface area is 87.7 Å². The van der Waals surface area contributed by atoms with Crippen LogP contribution in [0.1, 0.15) is 6.92 Å². The topological polar surface area (TPSA) is 67.9 Å². The fourth-order valence-corrected chi connectivity index (χ4v) is 1.39. The number of thioether (sulfide) groups is 1. The van der Waals surface area contributed by atoms with Crippen LogP contribution in [0.2, 0.25) is 0 Å². The fraction of sp³-hybridized carbons (Fsp3) is 0.750. The molecule has 1 heterocycles. The van der Waals surface area contributed by atoms with E-state index in [1.807, 2.05) is 13.2 Å². The maximum atomic E-state index is 10.8. The number of urea groups is 1. The molecule has 1 atom stereocenters. The summed E-state index contributed by atoms with van der Waals surface area (Å²) in [5, 5.41) is 5.22. The molecule has 5 nitrogen and oxygen atoms in total. The maximum Gasteiger partial charge on any atom is 0.335 e. The number of hydrogen-bond acceptors (Lipinski definition) is 4. The average molecular weight is 217 g/mol. The first-order valence-corrected chi connectivity index (χ1v) is 5.81. The van der Waals surface area contributed by atoms with Gasteiger partial charge in [0, 0.05) is 5.75 Å². The summed E-state index contributed by atoms with van der Waals surface area (Å²) in [4.78, 5) is 10.8. The number of ether oxygens (including phenoxy) is 1. The molecule has 2 N–H and O–H groups in total. The van der Waals surface area contributed by atoms with E-state index in [2.05, 4.69) is 5.10 Å². The number of amides is 2. The van der Waals surface area contributed by atoms with Crippen molar-refractivity contribution in [3.8, 4) is 0 Å². The van der Waals surface area contributed by atoms with Crippen molar-refractivity contribution in [3.05, 3.63) is 0 Å². The zero-order valence-corrected chi connectivity index (χ0v) is 9.21. The lowest BCUT2D eigenvalue weighted by atomic mass is 10.2. The zero-order chi connectivity index (χ0) is 10.6. The van der Waals surface area contributed by atoms with Crippen LogP contribution in [0.25, 0.3) is 0 Å². The van der Waals surface area contributed by atoms with Gasteiger partial charge in [0.25, 0.3) is 0 Å². The average Bonchev–Trinajstić information content (AvgIpc) is 2.49. The largest absolute Gasteiger partial charge is 0.479 e. The molecule has 0 aromatic rings. The van der Waals surface area contributed by atoms with Gasteiger partial charge in [-0.2, -0.15) is 11.8 Å². The highest BCUT2D eigenvalue weighted by molar-refractivity contribution is 7.98. The molecule has 14 heavy (non-hydrogen) atoms. The molecular weight excluding hydrogens is 202 g/mol. The zero-order valence-electron chi connectivity index (χ0n) is 8.40. The van der Waals surface area contributed by atoms with E-state index in [0.717, 1.165) is 5.75 Å². The van der Waals surface area contributed by atoms with E-state index in [9.17, 15) is 4.79 Å². The molecule has 80 valence electrons. The minimum atomic E-state index is -0.527. The van der Waals surface area contributed by atoms with Crippen molar-refractivity contribution in [2.24, 2.45) is 16.8 Å². The Morgan fingerprint density at radius 1 is 1.86 bits per heavy atom. The second kappa shape index (κ2) is 5.09. The van der Waals surface area contributed by atoms with Gasteiger partial charge in [-0.1, -0.05) is 6.92 Å². The third kappa shape index (κ3) is 2.80. The molecule has 0 aliphatic carbocycles. The summed E-state index contributed by atoms with van der Waals surface area (Å²) < 4.78 is 5.42. The Balaban J connectivity index is 2.43. The van der Waals surface area contributed by atoms with Crippen LogP contribution in [-0.2, 0) is 4.74 Å². The lowest BCUT2D eigenvalue weighted by Gasteiger charge is -2.07.